The molecule has 0 spiro atoms. The number of aromatic nitrogens is 1. The summed E-state index contributed by atoms with van der Waals surface area (Å²) in [5.74, 6) is 0.897. The summed E-state index contributed by atoms with van der Waals surface area (Å²) in [6.45, 7) is 6.76. The highest BCUT2D eigenvalue weighted by molar-refractivity contribution is 7.15. The summed E-state index contributed by atoms with van der Waals surface area (Å²) in [7, 11) is 0. The summed E-state index contributed by atoms with van der Waals surface area (Å²) >= 11 is 1.73. The average Bonchev–Trinajstić information content (AvgIpc) is 2.72. The SMILES string of the molecule is Cc1nc(-c2ccc(OC(C)C)cc2)sc1CCN. The van der Waals surface area contributed by atoms with Crippen molar-refractivity contribution >= 4 is 11.3 Å². The highest BCUT2D eigenvalue weighted by atomic mass is 32.1. The molecule has 0 bridgehead atoms. The van der Waals surface area contributed by atoms with Crippen LogP contribution < -0.4 is 10.5 Å². The molecule has 0 aliphatic carbocycles. The molecule has 0 unspecified atom stereocenters. The number of nitrogens with zero attached hydrogens (tertiary/aromatic N) is 1. The van der Waals surface area contributed by atoms with E-state index in [1.54, 1.807) is 11.3 Å². The van der Waals surface area contributed by atoms with Crippen LogP contribution in [0.15, 0.2) is 24.3 Å². The molecule has 2 rings (SSSR count). The van der Waals surface area contributed by atoms with Crippen LogP contribution in [-0.2, 0) is 6.42 Å². The molecule has 3 nitrogen and oxygen atoms in total. The van der Waals surface area contributed by atoms with Gasteiger partial charge in [-0.1, -0.05) is 0 Å². The molecule has 0 fully saturated rings. The first-order chi connectivity index (χ1) is 9.10. The molecule has 0 aliphatic heterocycles. The Morgan fingerprint density at radius 1 is 1.26 bits per heavy atom. The van der Waals surface area contributed by atoms with Crippen LogP contribution in [0.25, 0.3) is 10.6 Å². The third-order valence-electron chi connectivity index (χ3n) is 2.74. The molecule has 2 aromatic rings. The van der Waals surface area contributed by atoms with Crippen molar-refractivity contribution in [2.45, 2.75) is 33.3 Å². The van der Waals surface area contributed by atoms with Crippen LogP contribution in [0.5, 0.6) is 5.75 Å². The van der Waals surface area contributed by atoms with Gasteiger partial charge in [0.2, 0.25) is 0 Å². The zero-order valence-electron chi connectivity index (χ0n) is 11.6. The zero-order chi connectivity index (χ0) is 13.8. The maximum atomic E-state index is 5.64. The minimum atomic E-state index is 0.198. The van der Waals surface area contributed by atoms with Gasteiger partial charge in [-0.3, -0.25) is 0 Å². The first-order valence-electron chi connectivity index (χ1n) is 6.53. The van der Waals surface area contributed by atoms with Gasteiger partial charge in [0.15, 0.2) is 0 Å². The predicted octanol–water partition coefficient (Wildman–Crippen LogP) is 3.41. The Balaban J connectivity index is 2.19. The van der Waals surface area contributed by atoms with E-state index in [0.717, 1.165) is 28.4 Å². The fraction of sp³-hybridized carbons (Fsp3) is 0.400. The average molecular weight is 276 g/mol. The lowest BCUT2D eigenvalue weighted by atomic mass is 10.2. The highest BCUT2D eigenvalue weighted by Crippen LogP contribution is 2.29. The predicted molar refractivity (Wildman–Crippen MR) is 80.8 cm³/mol. The maximum Gasteiger partial charge on any atom is 0.123 e. The molecule has 4 heteroatoms. The van der Waals surface area contributed by atoms with E-state index in [2.05, 4.69) is 17.1 Å². The van der Waals surface area contributed by atoms with Gasteiger partial charge in [0.05, 0.1) is 11.8 Å². The molecule has 0 saturated heterocycles. The maximum absolute atomic E-state index is 5.64. The van der Waals surface area contributed by atoms with Crippen LogP contribution in [0, 0.1) is 6.92 Å². The fourth-order valence-electron chi connectivity index (χ4n) is 1.86. The van der Waals surface area contributed by atoms with Crippen LogP contribution >= 0.6 is 11.3 Å². The van der Waals surface area contributed by atoms with E-state index in [0.29, 0.717) is 6.54 Å². The Bertz CT molecular complexity index is 532. The number of aryl methyl sites for hydroxylation is 1. The second-order valence-corrected chi connectivity index (χ2v) is 5.84. The molecule has 0 saturated carbocycles. The second kappa shape index (κ2) is 6.17. The molecule has 0 aliphatic rings. The highest BCUT2D eigenvalue weighted by Gasteiger charge is 2.09. The van der Waals surface area contributed by atoms with E-state index < -0.39 is 0 Å². The molecule has 0 radical (unpaired) electrons. The van der Waals surface area contributed by atoms with E-state index in [4.69, 9.17) is 10.5 Å². The van der Waals surface area contributed by atoms with Gasteiger partial charge < -0.3 is 10.5 Å². The van der Waals surface area contributed by atoms with Gasteiger partial charge >= 0.3 is 0 Å². The molecule has 1 heterocycles. The summed E-state index contributed by atoms with van der Waals surface area (Å²) < 4.78 is 5.64. The topological polar surface area (TPSA) is 48.1 Å². The zero-order valence-corrected chi connectivity index (χ0v) is 12.5. The summed E-state index contributed by atoms with van der Waals surface area (Å²) in [4.78, 5) is 5.89. The Labute approximate surface area is 118 Å². The number of hydrogen-bond donors (Lipinski definition) is 1. The van der Waals surface area contributed by atoms with Gasteiger partial charge in [0.25, 0.3) is 0 Å². The van der Waals surface area contributed by atoms with Crippen molar-refractivity contribution in [1.82, 2.24) is 4.98 Å². The second-order valence-electron chi connectivity index (χ2n) is 4.76. The van der Waals surface area contributed by atoms with Crippen molar-refractivity contribution in [2.75, 3.05) is 6.54 Å². The Hall–Kier alpha value is -1.39. The molecule has 0 atom stereocenters. The first kappa shape index (κ1) is 14.0. The molecular weight excluding hydrogens is 256 g/mol. The Morgan fingerprint density at radius 2 is 1.95 bits per heavy atom. The first-order valence-corrected chi connectivity index (χ1v) is 7.35. The molecule has 19 heavy (non-hydrogen) atoms. The number of nitrogens with two attached hydrogens (primary N) is 1. The van der Waals surface area contributed by atoms with Gasteiger partial charge in [0, 0.05) is 10.4 Å². The number of rotatable bonds is 5. The van der Waals surface area contributed by atoms with Crippen molar-refractivity contribution in [3.05, 3.63) is 34.8 Å². The van der Waals surface area contributed by atoms with Crippen LogP contribution in [-0.4, -0.2) is 17.6 Å². The third-order valence-corrected chi connectivity index (χ3v) is 4.00. The van der Waals surface area contributed by atoms with Crippen LogP contribution in [0.4, 0.5) is 0 Å². The van der Waals surface area contributed by atoms with Crippen molar-refractivity contribution in [3.8, 4) is 16.3 Å². The van der Waals surface area contributed by atoms with Crippen LogP contribution in [0.1, 0.15) is 24.4 Å². The molecule has 0 amide bonds. The standard InChI is InChI=1S/C15H20N2OS/c1-10(2)18-13-6-4-12(5-7-13)15-17-11(3)14(19-15)8-9-16/h4-7,10H,8-9,16H2,1-3H3. The number of benzene rings is 1. The van der Waals surface area contributed by atoms with Crippen LogP contribution in [0.2, 0.25) is 0 Å². The van der Waals surface area contributed by atoms with Crippen LogP contribution in [0.3, 0.4) is 0 Å². The summed E-state index contributed by atoms with van der Waals surface area (Å²) in [6.07, 6.45) is 1.10. The summed E-state index contributed by atoms with van der Waals surface area (Å²) in [5, 5.41) is 1.05. The van der Waals surface area contributed by atoms with Gasteiger partial charge in [-0.05, 0) is 58.0 Å². The minimum Gasteiger partial charge on any atom is -0.491 e. The van der Waals surface area contributed by atoms with Crippen molar-refractivity contribution in [3.63, 3.8) is 0 Å². The Morgan fingerprint density at radius 3 is 2.53 bits per heavy atom. The quantitative estimate of drug-likeness (QED) is 0.910. The third kappa shape index (κ3) is 3.55. The monoisotopic (exact) mass is 276 g/mol. The lowest BCUT2D eigenvalue weighted by Gasteiger charge is -2.09. The fourth-order valence-corrected chi connectivity index (χ4v) is 2.95. The number of hydrogen-bond acceptors (Lipinski definition) is 4. The van der Waals surface area contributed by atoms with E-state index in [1.165, 1.54) is 4.88 Å². The normalized spacial score (nSPS) is 11.0. The van der Waals surface area contributed by atoms with Gasteiger partial charge in [-0.2, -0.15) is 0 Å². The van der Waals surface area contributed by atoms with Gasteiger partial charge in [-0.15, -0.1) is 11.3 Å². The molecule has 2 N–H and O–H groups in total. The smallest absolute Gasteiger partial charge is 0.123 e. The van der Waals surface area contributed by atoms with Gasteiger partial charge in [-0.25, -0.2) is 4.98 Å². The van der Waals surface area contributed by atoms with Crippen molar-refractivity contribution < 1.29 is 4.74 Å². The lowest BCUT2D eigenvalue weighted by Crippen LogP contribution is -2.05. The largest absolute Gasteiger partial charge is 0.491 e. The summed E-state index contributed by atoms with van der Waals surface area (Å²) in [6, 6.07) is 8.10. The van der Waals surface area contributed by atoms with Crippen molar-refractivity contribution in [1.29, 1.82) is 0 Å². The molecule has 1 aromatic heterocycles. The molecule has 102 valence electrons. The van der Waals surface area contributed by atoms with Crippen molar-refractivity contribution in [2.24, 2.45) is 5.73 Å². The number of ether oxygens (including phenoxy) is 1. The van der Waals surface area contributed by atoms with Gasteiger partial charge in [0.1, 0.15) is 10.8 Å². The molecule has 1 aromatic carbocycles. The Kier molecular flexibility index (Phi) is 4.56. The van der Waals surface area contributed by atoms with E-state index in [1.807, 2.05) is 32.9 Å². The molecular formula is C15H20N2OS. The number of thiazole rings is 1. The lowest BCUT2D eigenvalue weighted by molar-refractivity contribution is 0.242. The van der Waals surface area contributed by atoms with E-state index in [9.17, 15) is 0 Å². The summed E-state index contributed by atoms with van der Waals surface area (Å²) in [5.41, 5.74) is 7.83. The van der Waals surface area contributed by atoms with E-state index in [-0.39, 0.29) is 6.10 Å². The minimum absolute atomic E-state index is 0.198. The van der Waals surface area contributed by atoms with E-state index >= 15 is 0 Å².